The molecule has 0 saturated heterocycles. The molecule has 1 aromatic heterocycles. The van der Waals surface area contributed by atoms with Crippen LogP contribution in [0.3, 0.4) is 0 Å². The van der Waals surface area contributed by atoms with Gasteiger partial charge >= 0.3 is 0 Å². The van der Waals surface area contributed by atoms with Crippen molar-refractivity contribution < 1.29 is 5.11 Å². The minimum atomic E-state index is 0. The molecular formula is C16H22BrIN4O. The predicted octanol–water partition coefficient (Wildman–Crippen LogP) is 3.32. The van der Waals surface area contributed by atoms with Crippen molar-refractivity contribution in [3.63, 3.8) is 0 Å². The van der Waals surface area contributed by atoms with E-state index in [0.717, 1.165) is 22.5 Å². The van der Waals surface area contributed by atoms with Crippen molar-refractivity contribution in [3.8, 4) is 5.75 Å². The highest BCUT2D eigenvalue weighted by molar-refractivity contribution is 14.0. The summed E-state index contributed by atoms with van der Waals surface area (Å²) in [6.07, 6.45) is 2.04. The zero-order valence-corrected chi connectivity index (χ0v) is 17.4. The summed E-state index contributed by atoms with van der Waals surface area (Å²) in [5.74, 6) is 1.10. The van der Waals surface area contributed by atoms with Gasteiger partial charge in [0.15, 0.2) is 5.96 Å². The van der Waals surface area contributed by atoms with Crippen LogP contribution in [0.2, 0.25) is 0 Å². The Morgan fingerprint density at radius 2 is 2.00 bits per heavy atom. The summed E-state index contributed by atoms with van der Waals surface area (Å²) >= 11 is 3.49. The number of aromatic nitrogens is 1. The van der Waals surface area contributed by atoms with E-state index in [9.17, 15) is 5.11 Å². The molecule has 2 N–H and O–H groups in total. The molecule has 0 amide bonds. The van der Waals surface area contributed by atoms with E-state index < -0.39 is 0 Å². The van der Waals surface area contributed by atoms with Gasteiger partial charge < -0.3 is 19.9 Å². The highest BCUT2D eigenvalue weighted by atomic mass is 127. The smallest absolute Gasteiger partial charge is 0.194 e. The number of rotatable bonds is 4. The minimum Gasteiger partial charge on any atom is -0.508 e. The monoisotopic (exact) mass is 492 g/mol. The van der Waals surface area contributed by atoms with Crippen molar-refractivity contribution in [2.24, 2.45) is 12.0 Å². The first-order valence-electron chi connectivity index (χ1n) is 7.00. The van der Waals surface area contributed by atoms with Gasteiger partial charge in [-0.1, -0.05) is 12.1 Å². The molecule has 0 radical (unpaired) electrons. The third kappa shape index (κ3) is 5.72. The maximum atomic E-state index is 9.30. The first kappa shape index (κ1) is 19.8. The van der Waals surface area contributed by atoms with E-state index in [1.807, 2.05) is 32.4 Å². The van der Waals surface area contributed by atoms with Crippen LogP contribution in [-0.2, 0) is 20.1 Å². The van der Waals surface area contributed by atoms with Crippen LogP contribution < -0.4 is 5.32 Å². The van der Waals surface area contributed by atoms with Gasteiger partial charge in [0.25, 0.3) is 0 Å². The second kappa shape index (κ2) is 9.17. The molecule has 1 aromatic carbocycles. The van der Waals surface area contributed by atoms with Crippen molar-refractivity contribution in [1.29, 1.82) is 0 Å². The first-order chi connectivity index (χ1) is 10.5. The van der Waals surface area contributed by atoms with Crippen molar-refractivity contribution in [2.75, 3.05) is 14.1 Å². The molecule has 0 spiro atoms. The largest absolute Gasteiger partial charge is 0.508 e. The number of nitrogens with one attached hydrogen (secondary N) is 1. The zero-order chi connectivity index (χ0) is 16.1. The summed E-state index contributed by atoms with van der Waals surface area (Å²) in [6, 6.07) is 9.26. The normalized spacial score (nSPS) is 11.0. The third-order valence-corrected chi connectivity index (χ3v) is 3.87. The second-order valence-corrected chi connectivity index (χ2v) is 6.10. The maximum absolute atomic E-state index is 9.30. The Hall–Kier alpha value is -1.22. The number of halogens is 2. The molecule has 0 bridgehead atoms. The third-order valence-electron chi connectivity index (χ3n) is 3.43. The van der Waals surface area contributed by atoms with Crippen LogP contribution in [0.25, 0.3) is 0 Å². The number of phenols is 1. The van der Waals surface area contributed by atoms with E-state index in [-0.39, 0.29) is 29.7 Å². The van der Waals surface area contributed by atoms with E-state index in [1.54, 1.807) is 19.2 Å². The Morgan fingerprint density at radius 1 is 1.35 bits per heavy atom. The molecule has 0 fully saturated rings. The zero-order valence-electron chi connectivity index (χ0n) is 13.5. The number of nitrogens with zero attached hydrogens (tertiary/aromatic N) is 3. The number of aromatic hydroxyl groups is 1. The lowest BCUT2D eigenvalue weighted by molar-refractivity contribution is 0.461. The van der Waals surface area contributed by atoms with E-state index in [0.29, 0.717) is 6.54 Å². The summed E-state index contributed by atoms with van der Waals surface area (Å²) in [4.78, 5) is 6.39. The van der Waals surface area contributed by atoms with E-state index in [2.05, 4.69) is 41.8 Å². The second-order valence-electron chi connectivity index (χ2n) is 5.18. The summed E-state index contributed by atoms with van der Waals surface area (Å²) in [5, 5.41) is 12.6. The summed E-state index contributed by atoms with van der Waals surface area (Å²) in [5.41, 5.74) is 2.29. The Labute approximate surface area is 162 Å². The van der Waals surface area contributed by atoms with Crippen LogP contribution in [0.5, 0.6) is 5.75 Å². The molecule has 5 nitrogen and oxygen atoms in total. The molecular weight excluding hydrogens is 471 g/mol. The van der Waals surface area contributed by atoms with Gasteiger partial charge in [0.1, 0.15) is 5.75 Å². The molecule has 2 rings (SSSR count). The van der Waals surface area contributed by atoms with Gasteiger partial charge in [0, 0.05) is 44.1 Å². The van der Waals surface area contributed by atoms with Gasteiger partial charge in [-0.2, -0.15) is 0 Å². The van der Waals surface area contributed by atoms with Crippen LogP contribution in [0.4, 0.5) is 0 Å². The Bertz CT molecular complexity index is 655. The molecule has 0 aliphatic heterocycles. The van der Waals surface area contributed by atoms with Gasteiger partial charge in [0.05, 0.1) is 6.54 Å². The van der Waals surface area contributed by atoms with Gasteiger partial charge in [-0.05, 0) is 39.7 Å². The number of aryl methyl sites for hydroxylation is 1. The van der Waals surface area contributed by atoms with Crippen LogP contribution >= 0.6 is 39.9 Å². The van der Waals surface area contributed by atoms with Crippen molar-refractivity contribution in [2.45, 2.75) is 13.1 Å². The predicted molar refractivity (Wildman–Crippen MR) is 108 cm³/mol. The number of hydrogen-bond donors (Lipinski definition) is 2. The maximum Gasteiger partial charge on any atom is 0.194 e. The lowest BCUT2D eigenvalue weighted by Gasteiger charge is -2.22. The van der Waals surface area contributed by atoms with Crippen LogP contribution in [0.15, 0.2) is 46.0 Å². The van der Waals surface area contributed by atoms with Gasteiger partial charge in [-0.15, -0.1) is 24.0 Å². The highest BCUT2D eigenvalue weighted by Crippen LogP contribution is 2.15. The lowest BCUT2D eigenvalue weighted by Crippen LogP contribution is -2.38. The molecule has 0 unspecified atom stereocenters. The molecule has 1 heterocycles. The standard InChI is InChI=1S/C16H21BrN4O.HI/c1-18-16(19-9-12-4-6-15(22)7-5-12)21(3)11-14-8-13(17)10-20(14)2;/h4-8,10,22H,9,11H2,1-3H3,(H,18,19);1H. The number of aliphatic imine (C=N–C) groups is 1. The highest BCUT2D eigenvalue weighted by Gasteiger charge is 2.09. The van der Waals surface area contributed by atoms with Gasteiger partial charge in [-0.3, -0.25) is 4.99 Å². The average Bonchev–Trinajstić information content (AvgIpc) is 2.79. The molecule has 0 aliphatic rings. The summed E-state index contributed by atoms with van der Waals surface area (Å²) in [6.45, 7) is 1.42. The van der Waals surface area contributed by atoms with Crippen molar-refractivity contribution in [3.05, 3.63) is 52.3 Å². The van der Waals surface area contributed by atoms with Crippen LogP contribution in [0.1, 0.15) is 11.3 Å². The molecule has 23 heavy (non-hydrogen) atoms. The quantitative estimate of drug-likeness (QED) is 0.391. The van der Waals surface area contributed by atoms with Gasteiger partial charge in [0.2, 0.25) is 0 Å². The van der Waals surface area contributed by atoms with E-state index >= 15 is 0 Å². The topological polar surface area (TPSA) is 52.8 Å². The molecule has 0 aliphatic carbocycles. The number of hydrogen-bond acceptors (Lipinski definition) is 2. The Kier molecular flexibility index (Phi) is 7.90. The number of benzene rings is 1. The number of guanidine groups is 1. The average molecular weight is 493 g/mol. The minimum absolute atomic E-state index is 0. The number of phenolic OH excluding ortho intramolecular Hbond substituents is 1. The molecule has 2 aromatic rings. The van der Waals surface area contributed by atoms with Crippen molar-refractivity contribution >= 4 is 45.9 Å². The lowest BCUT2D eigenvalue weighted by atomic mass is 10.2. The fourth-order valence-electron chi connectivity index (χ4n) is 2.22. The van der Waals surface area contributed by atoms with E-state index in [4.69, 9.17) is 0 Å². The molecule has 7 heteroatoms. The van der Waals surface area contributed by atoms with Crippen LogP contribution in [0, 0.1) is 0 Å². The SMILES string of the molecule is CN=C(NCc1ccc(O)cc1)N(C)Cc1cc(Br)cn1C.I. The molecule has 0 atom stereocenters. The van der Waals surface area contributed by atoms with Crippen molar-refractivity contribution in [1.82, 2.24) is 14.8 Å². The molecule has 0 saturated carbocycles. The van der Waals surface area contributed by atoms with Gasteiger partial charge in [-0.25, -0.2) is 0 Å². The molecule has 126 valence electrons. The Morgan fingerprint density at radius 3 is 2.52 bits per heavy atom. The fraction of sp³-hybridized carbons (Fsp3) is 0.312. The van der Waals surface area contributed by atoms with E-state index in [1.165, 1.54) is 5.69 Å². The van der Waals surface area contributed by atoms with Crippen LogP contribution in [-0.4, -0.2) is 34.6 Å². The summed E-state index contributed by atoms with van der Waals surface area (Å²) in [7, 11) is 5.81. The first-order valence-corrected chi connectivity index (χ1v) is 7.79. The summed E-state index contributed by atoms with van der Waals surface area (Å²) < 4.78 is 3.17. The Balaban J connectivity index is 0.00000264. The fourth-order valence-corrected chi connectivity index (χ4v) is 2.79.